The number of esters is 2. The molecule has 0 saturated heterocycles. The molecule has 2 aliphatic heterocycles. The van der Waals surface area contributed by atoms with Gasteiger partial charge in [0.2, 0.25) is 0 Å². The standard InChI is InChI=1S/C22H30O4S6/c1-3-19(23)25-13-17-15-29-21(31-17)7-5-9-27-11-12-28-10-6-8-22-30-16-18(32-22)14-26-20(24)4-2/h3-4,15-16,21-22H,1-2,5-14H2. The normalized spacial score (nSPS) is 19.9. The zero-order chi connectivity index (χ0) is 23.0. The van der Waals surface area contributed by atoms with Gasteiger partial charge in [-0.2, -0.15) is 23.5 Å². The third-order valence-electron chi connectivity index (χ3n) is 4.14. The van der Waals surface area contributed by atoms with Gasteiger partial charge in [0.05, 0.1) is 9.16 Å². The lowest BCUT2D eigenvalue weighted by Crippen LogP contribution is -2.03. The monoisotopic (exact) mass is 550 g/mol. The number of hydrogen-bond donors (Lipinski definition) is 0. The van der Waals surface area contributed by atoms with Crippen molar-refractivity contribution in [2.24, 2.45) is 0 Å². The zero-order valence-electron chi connectivity index (χ0n) is 18.0. The molecule has 0 amide bonds. The van der Waals surface area contributed by atoms with Crippen molar-refractivity contribution in [1.82, 2.24) is 0 Å². The third kappa shape index (κ3) is 12.5. The van der Waals surface area contributed by atoms with E-state index in [2.05, 4.69) is 24.0 Å². The van der Waals surface area contributed by atoms with Crippen molar-refractivity contribution in [2.75, 3.05) is 36.2 Å². The van der Waals surface area contributed by atoms with Crippen LogP contribution in [0.3, 0.4) is 0 Å². The van der Waals surface area contributed by atoms with Gasteiger partial charge < -0.3 is 9.47 Å². The number of hydrogen-bond acceptors (Lipinski definition) is 10. The van der Waals surface area contributed by atoms with E-state index in [1.54, 1.807) is 0 Å². The zero-order valence-corrected chi connectivity index (χ0v) is 22.9. The van der Waals surface area contributed by atoms with Gasteiger partial charge in [-0.1, -0.05) is 13.2 Å². The second-order valence-electron chi connectivity index (χ2n) is 6.67. The highest BCUT2D eigenvalue weighted by Crippen LogP contribution is 2.43. The summed E-state index contributed by atoms with van der Waals surface area (Å²) in [6.45, 7) is 7.55. The fraction of sp³-hybridized carbons (Fsp3) is 0.545. The lowest BCUT2D eigenvalue weighted by molar-refractivity contribution is -0.137. The summed E-state index contributed by atoms with van der Waals surface area (Å²) in [5, 5.41) is 4.24. The van der Waals surface area contributed by atoms with Gasteiger partial charge in [0.25, 0.3) is 0 Å². The summed E-state index contributed by atoms with van der Waals surface area (Å²) < 4.78 is 11.3. The molecule has 0 aromatic rings. The minimum Gasteiger partial charge on any atom is -0.457 e. The molecule has 2 aliphatic rings. The van der Waals surface area contributed by atoms with Crippen LogP contribution in [0.15, 0.2) is 45.9 Å². The topological polar surface area (TPSA) is 52.6 Å². The maximum atomic E-state index is 11.1. The highest BCUT2D eigenvalue weighted by molar-refractivity contribution is 8.23. The largest absolute Gasteiger partial charge is 0.457 e. The fourth-order valence-electron chi connectivity index (χ4n) is 2.57. The van der Waals surface area contributed by atoms with Crippen LogP contribution < -0.4 is 0 Å². The Kier molecular flexibility index (Phi) is 15.4. The molecule has 0 fully saturated rings. The first-order chi connectivity index (χ1) is 15.6. The number of rotatable bonds is 17. The summed E-state index contributed by atoms with van der Waals surface area (Å²) in [7, 11) is 0. The van der Waals surface area contributed by atoms with E-state index in [1.165, 1.54) is 60.8 Å². The molecule has 2 unspecified atom stereocenters. The summed E-state index contributed by atoms with van der Waals surface area (Å²) in [5.74, 6) is 4.12. The molecule has 32 heavy (non-hydrogen) atoms. The highest BCUT2D eigenvalue weighted by Gasteiger charge is 2.20. The summed E-state index contributed by atoms with van der Waals surface area (Å²) in [5.41, 5.74) is 0. The van der Waals surface area contributed by atoms with E-state index in [4.69, 9.17) is 9.47 Å². The summed E-state index contributed by atoms with van der Waals surface area (Å²) in [6, 6.07) is 0. The average molecular weight is 551 g/mol. The van der Waals surface area contributed by atoms with Gasteiger partial charge in [0.1, 0.15) is 13.2 Å². The predicted molar refractivity (Wildman–Crippen MR) is 150 cm³/mol. The predicted octanol–water partition coefficient (Wildman–Crippen LogP) is 6.77. The quantitative estimate of drug-likeness (QED) is 0.110. The Morgan fingerprint density at radius 3 is 1.66 bits per heavy atom. The molecule has 178 valence electrons. The molecule has 0 aromatic carbocycles. The molecule has 2 rings (SSSR count). The molecule has 0 radical (unpaired) electrons. The molecule has 4 nitrogen and oxygen atoms in total. The van der Waals surface area contributed by atoms with E-state index in [9.17, 15) is 9.59 Å². The van der Waals surface area contributed by atoms with Crippen LogP contribution in [0.5, 0.6) is 0 Å². The highest BCUT2D eigenvalue weighted by atomic mass is 32.2. The van der Waals surface area contributed by atoms with E-state index >= 15 is 0 Å². The molecule has 0 saturated carbocycles. The smallest absolute Gasteiger partial charge is 0.330 e. The summed E-state index contributed by atoms with van der Waals surface area (Å²) >= 11 is 11.4. The molecular weight excluding hydrogens is 521 g/mol. The Labute approximate surface area is 217 Å². The summed E-state index contributed by atoms with van der Waals surface area (Å²) in [4.78, 5) is 24.5. The Morgan fingerprint density at radius 2 is 1.25 bits per heavy atom. The third-order valence-corrected chi connectivity index (χ3v) is 12.1. The number of carbonyl (C=O) groups excluding carboxylic acids is 2. The van der Waals surface area contributed by atoms with Crippen LogP contribution in [-0.4, -0.2) is 57.3 Å². The summed E-state index contributed by atoms with van der Waals surface area (Å²) in [6.07, 6.45) is 7.22. The maximum absolute atomic E-state index is 11.1. The van der Waals surface area contributed by atoms with Crippen molar-refractivity contribution >= 4 is 82.5 Å². The van der Waals surface area contributed by atoms with E-state index in [0.717, 1.165) is 9.81 Å². The second kappa shape index (κ2) is 17.4. The number of ether oxygens (including phenoxy) is 2. The van der Waals surface area contributed by atoms with Crippen LogP contribution in [-0.2, 0) is 19.1 Å². The minimum atomic E-state index is -0.361. The lowest BCUT2D eigenvalue weighted by atomic mass is 10.4. The lowest BCUT2D eigenvalue weighted by Gasteiger charge is -2.10. The molecule has 0 bridgehead atoms. The Bertz CT molecular complexity index is 636. The Morgan fingerprint density at radius 1 is 0.812 bits per heavy atom. The van der Waals surface area contributed by atoms with E-state index in [1.807, 2.05) is 70.6 Å². The van der Waals surface area contributed by atoms with Crippen molar-refractivity contribution < 1.29 is 19.1 Å². The average Bonchev–Trinajstić information content (AvgIpc) is 3.46. The van der Waals surface area contributed by atoms with Gasteiger partial charge in [0, 0.05) is 33.5 Å². The molecule has 0 aromatic heterocycles. The van der Waals surface area contributed by atoms with Crippen molar-refractivity contribution in [3.8, 4) is 0 Å². The first-order valence-corrected chi connectivity index (χ1v) is 16.3. The van der Waals surface area contributed by atoms with Gasteiger partial charge in [0.15, 0.2) is 0 Å². The van der Waals surface area contributed by atoms with Crippen LogP contribution in [0, 0.1) is 0 Å². The van der Waals surface area contributed by atoms with Crippen LogP contribution in [0.25, 0.3) is 0 Å². The van der Waals surface area contributed by atoms with E-state index in [-0.39, 0.29) is 11.9 Å². The van der Waals surface area contributed by atoms with Crippen LogP contribution in [0.4, 0.5) is 0 Å². The number of carbonyl (C=O) groups is 2. The fourth-order valence-corrected chi connectivity index (χ4v) is 9.81. The Balaban J connectivity index is 1.34. The van der Waals surface area contributed by atoms with Crippen molar-refractivity contribution in [3.05, 3.63) is 45.9 Å². The molecule has 2 heterocycles. The number of thioether (sulfide) groups is 6. The molecule has 0 N–H and O–H groups in total. The molecule has 0 aliphatic carbocycles. The van der Waals surface area contributed by atoms with Gasteiger partial charge in [-0.05, 0) is 48.0 Å². The SMILES string of the molecule is C=CC(=O)OCC1=CSC(CCCSCCSCCCC2SC=C(COC(=O)C=C)S2)S1. The van der Waals surface area contributed by atoms with E-state index < -0.39 is 0 Å². The molecule has 10 heteroatoms. The first kappa shape index (κ1) is 28.2. The van der Waals surface area contributed by atoms with Crippen molar-refractivity contribution in [2.45, 2.75) is 34.8 Å². The second-order valence-corrected chi connectivity index (χ2v) is 14.5. The van der Waals surface area contributed by atoms with Gasteiger partial charge in [-0.15, -0.1) is 47.0 Å². The molecule has 0 spiro atoms. The van der Waals surface area contributed by atoms with Gasteiger partial charge >= 0.3 is 11.9 Å². The molecule has 2 atom stereocenters. The van der Waals surface area contributed by atoms with Gasteiger partial charge in [-0.3, -0.25) is 0 Å². The Hall–Kier alpha value is -0.000000000000000222. The van der Waals surface area contributed by atoms with Crippen molar-refractivity contribution in [1.29, 1.82) is 0 Å². The van der Waals surface area contributed by atoms with Crippen LogP contribution in [0.2, 0.25) is 0 Å². The van der Waals surface area contributed by atoms with Crippen LogP contribution >= 0.6 is 70.6 Å². The first-order valence-electron chi connectivity index (χ1n) is 10.4. The van der Waals surface area contributed by atoms with Gasteiger partial charge in [-0.25, -0.2) is 9.59 Å². The van der Waals surface area contributed by atoms with Crippen LogP contribution in [0.1, 0.15) is 25.7 Å². The van der Waals surface area contributed by atoms with E-state index in [0.29, 0.717) is 22.4 Å². The minimum absolute atomic E-state index is 0.361. The maximum Gasteiger partial charge on any atom is 0.330 e. The molecular formula is C22H30O4S6. The van der Waals surface area contributed by atoms with Crippen molar-refractivity contribution in [3.63, 3.8) is 0 Å².